The number of carbonyl (C=O) groups is 2. The smallest absolute Gasteiger partial charge is 0.271 e. The van der Waals surface area contributed by atoms with E-state index in [9.17, 15) is 9.59 Å². The van der Waals surface area contributed by atoms with Crippen LogP contribution in [0.3, 0.4) is 0 Å². The lowest BCUT2D eigenvalue weighted by molar-refractivity contribution is -0.135. The van der Waals surface area contributed by atoms with Gasteiger partial charge in [0.1, 0.15) is 6.61 Å². The van der Waals surface area contributed by atoms with E-state index >= 15 is 0 Å². The number of imide groups is 1. The molecule has 28 heavy (non-hydrogen) atoms. The van der Waals surface area contributed by atoms with E-state index in [4.69, 9.17) is 13.9 Å². The summed E-state index contributed by atoms with van der Waals surface area (Å²) in [5, 5.41) is 11.0. The number of nitrogens with one attached hydrogen (secondary N) is 1. The van der Waals surface area contributed by atoms with Crippen molar-refractivity contribution in [2.24, 2.45) is 7.05 Å². The molecule has 1 N–H and O–H groups in total. The van der Waals surface area contributed by atoms with Gasteiger partial charge in [-0.25, -0.2) is 0 Å². The fourth-order valence-electron chi connectivity index (χ4n) is 2.59. The van der Waals surface area contributed by atoms with Crippen molar-refractivity contribution in [1.82, 2.24) is 20.1 Å². The summed E-state index contributed by atoms with van der Waals surface area (Å²) in [4.78, 5) is 24.4. The predicted molar refractivity (Wildman–Crippen MR) is 98.9 cm³/mol. The molecule has 0 radical (unpaired) electrons. The van der Waals surface area contributed by atoms with Crippen molar-refractivity contribution >= 4 is 23.6 Å². The van der Waals surface area contributed by atoms with Crippen molar-refractivity contribution in [3.63, 3.8) is 0 Å². The molecule has 2 amide bonds. The molecule has 3 aromatic rings. The highest BCUT2D eigenvalue weighted by atomic mass is 32.2. The Labute approximate surface area is 164 Å². The highest BCUT2D eigenvalue weighted by Crippen LogP contribution is 2.30. The summed E-state index contributed by atoms with van der Waals surface area (Å²) in [6.07, 6.45) is 0.662. The van der Waals surface area contributed by atoms with Crippen LogP contribution in [0.5, 0.6) is 11.5 Å². The Balaban J connectivity index is 1.31. The van der Waals surface area contributed by atoms with Gasteiger partial charge in [0.2, 0.25) is 12.0 Å². The molecule has 0 spiro atoms. The lowest BCUT2D eigenvalue weighted by Gasteiger charge is -2.25. The molecular weight excluding hydrogens is 384 g/mol. The minimum absolute atomic E-state index is 0.0000320. The van der Waals surface area contributed by atoms with Crippen LogP contribution in [0, 0.1) is 0 Å². The van der Waals surface area contributed by atoms with Gasteiger partial charge in [0, 0.05) is 7.05 Å². The van der Waals surface area contributed by atoms with Gasteiger partial charge >= 0.3 is 0 Å². The maximum Gasteiger partial charge on any atom is 0.271 e. The highest BCUT2D eigenvalue weighted by Gasteiger charge is 2.28. The topological polar surface area (TPSA) is 108 Å². The van der Waals surface area contributed by atoms with Crippen LogP contribution >= 0.6 is 11.8 Å². The number of hydrogen-bond donors (Lipinski definition) is 1. The zero-order chi connectivity index (χ0) is 19.5. The van der Waals surface area contributed by atoms with E-state index < -0.39 is 17.9 Å². The average molecular weight is 400 g/mol. The van der Waals surface area contributed by atoms with Gasteiger partial charge < -0.3 is 18.5 Å². The molecule has 1 aliphatic rings. The molecule has 4 rings (SSSR count). The number of para-hydroxylation sites is 2. The second kappa shape index (κ2) is 7.77. The summed E-state index contributed by atoms with van der Waals surface area (Å²) in [7, 11) is 1.77. The van der Waals surface area contributed by atoms with Gasteiger partial charge in [-0.15, -0.1) is 10.2 Å². The third kappa shape index (κ3) is 3.72. The first kappa shape index (κ1) is 18.1. The van der Waals surface area contributed by atoms with E-state index in [0.29, 0.717) is 28.2 Å². The number of ether oxygens (including phenoxy) is 2. The fraction of sp³-hybridized carbons (Fsp3) is 0.222. The van der Waals surface area contributed by atoms with Crippen molar-refractivity contribution < 1.29 is 23.5 Å². The first-order valence-electron chi connectivity index (χ1n) is 8.40. The molecule has 0 saturated heterocycles. The van der Waals surface area contributed by atoms with E-state index in [1.807, 2.05) is 6.07 Å². The number of carbonyl (C=O) groups excluding carboxylic acids is 2. The number of rotatable bonds is 5. The Bertz CT molecular complexity index is 1000. The standard InChI is InChI=1S/C18H16N4O5S/c1-22-16(13-7-4-8-25-13)20-21-18(22)28-10-15(23)19-17(24)14-9-26-11-5-2-3-6-12(11)27-14/h2-8,14H,9-10H2,1H3,(H,19,23,24)/t14-/m0/s1. The van der Waals surface area contributed by atoms with Crippen LogP contribution in [0.4, 0.5) is 0 Å². The highest BCUT2D eigenvalue weighted by molar-refractivity contribution is 7.99. The summed E-state index contributed by atoms with van der Waals surface area (Å²) >= 11 is 1.16. The molecule has 10 heteroatoms. The molecule has 9 nitrogen and oxygen atoms in total. The Morgan fingerprint density at radius 1 is 1.21 bits per heavy atom. The van der Waals surface area contributed by atoms with E-state index in [0.717, 1.165) is 11.8 Å². The third-order valence-electron chi connectivity index (χ3n) is 3.97. The average Bonchev–Trinajstić information content (AvgIpc) is 3.35. The van der Waals surface area contributed by atoms with Crippen LogP contribution in [0.15, 0.2) is 52.2 Å². The molecule has 1 aromatic carbocycles. The van der Waals surface area contributed by atoms with Crippen LogP contribution in [-0.4, -0.2) is 45.0 Å². The van der Waals surface area contributed by atoms with Crippen molar-refractivity contribution in [1.29, 1.82) is 0 Å². The molecular formula is C18H16N4O5S. The van der Waals surface area contributed by atoms with Gasteiger partial charge in [-0.1, -0.05) is 23.9 Å². The summed E-state index contributed by atoms with van der Waals surface area (Å²) in [6.45, 7) is 0.0407. The number of fused-ring (bicyclic) bond motifs is 1. The molecule has 0 fully saturated rings. The maximum atomic E-state index is 12.3. The maximum absolute atomic E-state index is 12.3. The quantitative estimate of drug-likeness (QED) is 0.644. The largest absolute Gasteiger partial charge is 0.485 e. The lowest BCUT2D eigenvalue weighted by atomic mass is 10.2. The second-order valence-electron chi connectivity index (χ2n) is 5.91. The zero-order valence-electron chi connectivity index (χ0n) is 14.8. The first-order chi connectivity index (χ1) is 13.6. The lowest BCUT2D eigenvalue weighted by Crippen LogP contribution is -2.46. The number of aromatic nitrogens is 3. The van der Waals surface area contributed by atoms with Crippen LogP contribution in [0.1, 0.15) is 0 Å². The Morgan fingerprint density at radius 2 is 2.04 bits per heavy atom. The minimum atomic E-state index is -0.885. The van der Waals surface area contributed by atoms with E-state index in [-0.39, 0.29) is 12.4 Å². The summed E-state index contributed by atoms with van der Waals surface area (Å²) in [5.74, 6) is 1.17. The van der Waals surface area contributed by atoms with Crippen LogP contribution in [0.2, 0.25) is 0 Å². The van der Waals surface area contributed by atoms with Gasteiger partial charge in [-0.3, -0.25) is 14.9 Å². The van der Waals surface area contributed by atoms with Crippen molar-refractivity contribution in [2.75, 3.05) is 12.4 Å². The third-order valence-corrected chi connectivity index (χ3v) is 4.99. The number of benzene rings is 1. The van der Waals surface area contributed by atoms with Crippen LogP contribution < -0.4 is 14.8 Å². The summed E-state index contributed by atoms with van der Waals surface area (Å²) in [6, 6.07) is 10.6. The summed E-state index contributed by atoms with van der Waals surface area (Å²) < 4.78 is 18.1. The summed E-state index contributed by atoms with van der Waals surface area (Å²) in [5.41, 5.74) is 0. The SMILES string of the molecule is Cn1c(SCC(=O)NC(=O)[C@@H]2COc3ccccc3O2)nnc1-c1ccco1. The van der Waals surface area contributed by atoms with Gasteiger partial charge in [-0.05, 0) is 24.3 Å². The van der Waals surface area contributed by atoms with Crippen LogP contribution in [0.25, 0.3) is 11.6 Å². The molecule has 3 heterocycles. The molecule has 0 saturated carbocycles. The predicted octanol–water partition coefficient (Wildman–Crippen LogP) is 1.65. The van der Waals surface area contributed by atoms with E-state index in [1.165, 1.54) is 0 Å². The van der Waals surface area contributed by atoms with Crippen molar-refractivity contribution in [3.05, 3.63) is 42.7 Å². The van der Waals surface area contributed by atoms with Gasteiger partial charge in [0.05, 0.1) is 12.0 Å². The fourth-order valence-corrected chi connectivity index (χ4v) is 3.30. The number of nitrogens with zero attached hydrogens (tertiary/aromatic N) is 3. The molecule has 0 unspecified atom stereocenters. The molecule has 144 valence electrons. The van der Waals surface area contributed by atoms with E-state index in [2.05, 4.69) is 15.5 Å². The number of hydrogen-bond acceptors (Lipinski definition) is 8. The Morgan fingerprint density at radius 3 is 2.82 bits per heavy atom. The first-order valence-corrected chi connectivity index (χ1v) is 9.38. The Kier molecular flexibility index (Phi) is 5.02. The second-order valence-corrected chi connectivity index (χ2v) is 6.85. The molecule has 1 atom stereocenters. The minimum Gasteiger partial charge on any atom is -0.485 e. The number of amides is 2. The molecule has 0 aliphatic carbocycles. The molecule has 1 aliphatic heterocycles. The molecule has 0 bridgehead atoms. The van der Waals surface area contributed by atoms with Crippen molar-refractivity contribution in [2.45, 2.75) is 11.3 Å². The molecule has 2 aromatic heterocycles. The zero-order valence-corrected chi connectivity index (χ0v) is 15.6. The number of thioether (sulfide) groups is 1. The normalized spacial score (nSPS) is 15.2. The Hall–Kier alpha value is -3.27. The van der Waals surface area contributed by atoms with Crippen LogP contribution in [-0.2, 0) is 16.6 Å². The van der Waals surface area contributed by atoms with Gasteiger partial charge in [-0.2, -0.15) is 0 Å². The van der Waals surface area contributed by atoms with Gasteiger partial charge in [0.15, 0.2) is 28.2 Å². The monoisotopic (exact) mass is 400 g/mol. The van der Waals surface area contributed by atoms with Crippen molar-refractivity contribution in [3.8, 4) is 23.1 Å². The van der Waals surface area contributed by atoms with Gasteiger partial charge in [0.25, 0.3) is 5.91 Å². The van der Waals surface area contributed by atoms with E-state index in [1.54, 1.807) is 48.2 Å². The number of furan rings is 1.